The normalized spacial score (nSPS) is 28.6. The minimum Gasteiger partial charge on any atom is -0.497 e. The van der Waals surface area contributed by atoms with Gasteiger partial charge in [0.1, 0.15) is 5.75 Å². The molecule has 0 unspecified atom stereocenters. The molecule has 0 radical (unpaired) electrons. The van der Waals surface area contributed by atoms with Crippen LogP contribution in [0.4, 0.5) is 0 Å². The maximum Gasteiger partial charge on any atom is 0.255 e. The molecule has 158 valence electrons. The molecule has 5 heteroatoms. The number of fused-ring (bicyclic) bond motifs is 4. The van der Waals surface area contributed by atoms with E-state index in [1.807, 2.05) is 18.2 Å². The smallest absolute Gasteiger partial charge is 0.255 e. The van der Waals surface area contributed by atoms with Gasteiger partial charge in [-0.15, -0.1) is 0 Å². The number of piperidine rings is 3. The lowest BCUT2D eigenvalue weighted by Gasteiger charge is -2.57. The van der Waals surface area contributed by atoms with Crippen LogP contribution in [0.3, 0.4) is 0 Å². The summed E-state index contributed by atoms with van der Waals surface area (Å²) in [7, 11) is 1.73. The maximum absolute atomic E-state index is 13.2. The Morgan fingerprint density at radius 3 is 2.90 bits per heavy atom. The van der Waals surface area contributed by atoms with Crippen LogP contribution in [0, 0.1) is 11.8 Å². The Morgan fingerprint density at radius 2 is 2.07 bits per heavy atom. The van der Waals surface area contributed by atoms with E-state index in [1.165, 1.54) is 37.8 Å². The van der Waals surface area contributed by atoms with E-state index in [0.29, 0.717) is 29.5 Å². The highest BCUT2D eigenvalue weighted by atomic mass is 16.5. The van der Waals surface area contributed by atoms with E-state index in [1.54, 1.807) is 19.5 Å². The van der Waals surface area contributed by atoms with Gasteiger partial charge in [-0.2, -0.15) is 0 Å². The van der Waals surface area contributed by atoms with E-state index in [0.717, 1.165) is 25.3 Å². The standard InChI is InChI=1S/C25H31N3O2/c1-30-22-8-4-6-18(12-22)13-24-21-14-20(23-9-2-3-11-28(23)24)16-27(17-21)25(29)19-7-5-10-26-15-19/h4-8,10,12,15,20-21,23-24H,2-3,9,11,13-14,16-17H2,1H3/t20-,21+,23+,24+/m1/s1. The fraction of sp³-hybridized carbons (Fsp3) is 0.520. The number of pyridine rings is 1. The van der Waals surface area contributed by atoms with E-state index < -0.39 is 0 Å². The van der Waals surface area contributed by atoms with Crippen molar-refractivity contribution in [2.24, 2.45) is 11.8 Å². The molecule has 0 saturated carbocycles. The molecule has 2 aromatic rings. The number of ether oxygens (including phenoxy) is 1. The molecule has 1 amide bonds. The lowest BCUT2D eigenvalue weighted by atomic mass is 9.71. The van der Waals surface area contributed by atoms with Gasteiger partial charge in [0.2, 0.25) is 0 Å². The Hall–Kier alpha value is -2.40. The minimum atomic E-state index is 0.141. The van der Waals surface area contributed by atoms with Gasteiger partial charge in [0.05, 0.1) is 12.7 Å². The Labute approximate surface area is 179 Å². The zero-order chi connectivity index (χ0) is 20.5. The van der Waals surface area contributed by atoms with E-state index in [-0.39, 0.29) is 5.91 Å². The van der Waals surface area contributed by atoms with Gasteiger partial charge in [-0.25, -0.2) is 0 Å². The topological polar surface area (TPSA) is 45.7 Å². The zero-order valence-electron chi connectivity index (χ0n) is 17.7. The number of hydrogen-bond acceptors (Lipinski definition) is 4. The molecule has 1 aromatic heterocycles. The summed E-state index contributed by atoms with van der Waals surface area (Å²) in [5, 5.41) is 0. The zero-order valence-corrected chi connectivity index (χ0v) is 17.7. The summed E-state index contributed by atoms with van der Waals surface area (Å²) in [4.78, 5) is 22.3. The van der Waals surface area contributed by atoms with Crippen LogP contribution in [0.15, 0.2) is 48.8 Å². The summed E-state index contributed by atoms with van der Waals surface area (Å²) in [5.41, 5.74) is 2.04. The highest BCUT2D eigenvalue weighted by Crippen LogP contribution is 2.42. The Balaban J connectivity index is 1.41. The minimum absolute atomic E-state index is 0.141. The summed E-state index contributed by atoms with van der Waals surface area (Å²) in [6, 6.07) is 13.3. The molecule has 5 rings (SSSR count). The number of nitrogens with zero attached hydrogens (tertiary/aromatic N) is 3. The van der Waals surface area contributed by atoms with Crippen LogP contribution in [-0.2, 0) is 6.42 Å². The van der Waals surface area contributed by atoms with Gasteiger partial charge < -0.3 is 9.64 Å². The molecule has 3 aliphatic rings. The van der Waals surface area contributed by atoms with Crippen LogP contribution in [0.2, 0.25) is 0 Å². The van der Waals surface area contributed by atoms with Crippen molar-refractivity contribution < 1.29 is 9.53 Å². The number of carbonyl (C=O) groups is 1. The first-order valence-corrected chi connectivity index (χ1v) is 11.3. The van der Waals surface area contributed by atoms with Crippen molar-refractivity contribution in [3.05, 3.63) is 59.9 Å². The third-order valence-corrected chi connectivity index (χ3v) is 7.40. The predicted molar refractivity (Wildman–Crippen MR) is 117 cm³/mol. The van der Waals surface area contributed by atoms with Crippen LogP contribution < -0.4 is 4.74 Å². The molecular weight excluding hydrogens is 374 g/mol. The number of amides is 1. The lowest BCUT2D eigenvalue weighted by Crippen LogP contribution is -2.64. The van der Waals surface area contributed by atoms with Crippen LogP contribution in [0.1, 0.15) is 41.6 Å². The molecule has 0 N–H and O–H groups in total. The second-order valence-electron chi connectivity index (χ2n) is 9.13. The number of methoxy groups -OCH3 is 1. The molecular formula is C25H31N3O2. The first-order chi connectivity index (χ1) is 14.7. The van der Waals surface area contributed by atoms with Crippen LogP contribution >= 0.6 is 0 Å². The number of benzene rings is 1. The van der Waals surface area contributed by atoms with Gasteiger partial charge in [0, 0.05) is 37.6 Å². The second kappa shape index (κ2) is 8.38. The Kier molecular flexibility index (Phi) is 5.47. The molecule has 3 aliphatic heterocycles. The Morgan fingerprint density at radius 1 is 1.17 bits per heavy atom. The van der Waals surface area contributed by atoms with Crippen LogP contribution in [0.5, 0.6) is 5.75 Å². The molecule has 3 fully saturated rings. The van der Waals surface area contributed by atoms with Crippen molar-refractivity contribution >= 4 is 5.91 Å². The molecule has 0 spiro atoms. The summed E-state index contributed by atoms with van der Waals surface area (Å²) in [6.07, 6.45) is 9.57. The largest absolute Gasteiger partial charge is 0.497 e. The Bertz CT molecular complexity index is 887. The summed E-state index contributed by atoms with van der Waals surface area (Å²) in [5.74, 6) is 2.17. The average molecular weight is 406 g/mol. The number of aromatic nitrogens is 1. The van der Waals surface area contributed by atoms with Gasteiger partial charge in [-0.1, -0.05) is 18.6 Å². The molecule has 5 nitrogen and oxygen atoms in total. The first kappa shape index (κ1) is 19.6. The molecule has 2 bridgehead atoms. The maximum atomic E-state index is 13.2. The fourth-order valence-corrected chi connectivity index (χ4v) is 6.07. The molecule has 0 aliphatic carbocycles. The average Bonchev–Trinajstić information content (AvgIpc) is 2.82. The summed E-state index contributed by atoms with van der Waals surface area (Å²) in [6.45, 7) is 2.93. The fourth-order valence-electron chi connectivity index (χ4n) is 6.07. The van der Waals surface area contributed by atoms with Crippen molar-refractivity contribution in [3.8, 4) is 5.75 Å². The molecule has 3 saturated heterocycles. The number of rotatable bonds is 4. The highest BCUT2D eigenvalue weighted by molar-refractivity contribution is 5.94. The van der Waals surface area contributed by atoms with Gasteiger partial charge in [0.25, 0.3) is 5.91 Å². The monoisotopic (exact) mass is 405 g/mol. The molecule has 4 heterocycles. The first-order valence-electron chi connectivity index (χ1n) is 11.3. The van der Waals surface area contributed by atoms with Crippen molar-refractivity contribution in [3.63, 3.8) is 0 Å². The number of carbonyl (C=O) groups excluding carboxylic acids is 1. The summed E-state index contributed by atoms with van der Waals surface area (Å²) >= 11 is 0. The van der Waals surface area contributed by atoms with Crippen LogP contribution in [-0.4, -0.2) is 59.5 Å². The molecule has 4 atom stereocenters. The highest BCUT2D eigenvalue weighted by Gasteiger charge is 2.47. The van der Waals surface area contributed by atoms with Crippen LogP contribution in [0.25, 0.3) is 0 Å². The van der Waals surface area contributed by atoms with Crippen molar-refractivity contribution in [2.45, 2.75) is 44.2 Å². The molecule has 1 aromatic carbocycles. The number of likely N-dealkylation sites (tertiary alicyclic amines) is 1. The molecule has 30 heavy (non-hydrogen) atoms. The second-order valence-corrected chi connectivity index (χ2v) is 9.13. The van der Waals surface area contributed by atoms with Gasteiger partial charge >= 0.3 is 0 Å². The third kappa shape index (κ3) is 3.71. The predicted octanol–water partition coefficient (Wildman–Crippen LogP) is 3.65. The van der Waals surface area contributed by atoms with Crippen molar-refractivity contribution in [1.29, 1.82) is 0 Å². The van der Waals surface area contributed by atoms with Crippen molar-refractivity contribution in [1.82, 2.24) is 14.8 Å². The van der Waals surface area contributed by atoms with E-state index in [2.05, 4.69) is 33.0 Å². The third-order valence-electron chi connectivity index (χ3n) is 7.40. The van der Waals surface area contributed by atoms with E-state index in [9.17, 15) is 4.79 Å². The quantitative estimate of drug-likeness (QED) is 0.779. The van der Waals surface area contributed by atoms with Gasteiger partial charge in [0.15, 0.2) is 0 Å². The van der Waals surface area contributed by atoms with E-state index >= 15 is 0 Å². The summed E-state index contributed by atoms with van der Waals surface area (Å²) < 4.78 is 5.46. The van der Waals surface area contributed by atoms with Gasteiger partial charge in [-0.3, -0.25) is 14.7 Å². The van der Waals surface area contributed by atoms with E-state index in [4.69, 9.17) is 4.74 Å². The van der Waals surface area contributed by atoms with Gasteiger partial charge in [-0.05, 0) is 73.9 Å². The SMILES string of the molecule is COc1cccc(C[C@H]2[C@H]3C[C@H](CN(C(=O)c4cccnc4)C3)[C@@H]3CCCCN32)c1. The lowest BCUT2D eigenvalue weighted by molar-refractivity contribution is -0.0642. The number of hydrogen-bond donors (Lipinski definition) is 0. The van der Waals surface area contributed by atoms with Crippen molar-refractivity contribution in [2.75, 3.05) is 26.7 Å².